The van der Waals surface area contributed by atoms with E-state index < -0.39 is 0 Å². The van der Waals surface area contributed by atoms with E-state index in [9.17, 15) is 0 Å². The fourth-order valence-electron chi connectivity index (χ4n) is 2.44. The van der Waals surface area contributed by atoms with Gasteiger partial charge in [0.25, 0.3) is 0 Å². The molecule has 0 saturated heterocycles. The molecule has 1 aliphatic heterocycles. The molecule has 3 rings (SSSR count). The van der Waals surface area contributed by atoms with Crippen LogP contribution in [-0.4, -0.2) is 23.2 Å². The number of fused-ring (bicyclic) bond motifs is 1. The first-order valence-corrected chi connectivity index (χ1v) is 6.08. The van der Waals surface area contributed by atoms with E-state index in [0.29, 0.717) is 0 Å². The van der Waals surface area contributed by atoms with Gasteiger partial charge in [0.05, 0.1) is 17.6 Å². The maximum atomic E-state index is 4.46. The van der Waals surface area contributed by atoms with Crippen LogP contribution in [0.2, 0.25) is 0 Å². The maximum Gasteiger partial charge on any atom is 0.153 e. The second-order valence-electron chi connectivity index (χ2n) is 4.62. The molecule has 0 amide bonds. The van der Waals surface area contributed by atoms with Gasteiger partial charge in [0.15, 0.2) is 5.82 Å². The third-order valence-corrected chi connectivity index (χ3v) is 3.56. The van der Waals surface area contributed by atoms with Gasteiger partial charge in [-0.1, -0.05) is 0 Å². The van der Waals surface area contributed by atoms with Gasteiger partial charge in [-0.05, 0) is 37.6 Å². The van der Waals surface area contributed by atoms with Crippen molar-refractivity contribution < 1.29 is 0 Å². The number of rotatable bonds is 1. The summed E-state index contributed by atoms with van der Waals surface area (Å²) in [6.07, 6.45) is 5.83. The predicted octanol–water partition coefficient (Wildman–Crippen LogP) is 2.72. The minimum atomic E-state index is 0.248. The Morgan fingerprint density at radius 3 is 2.78 bits per heavy atom. The molecular formula is C14H16N4. The molecule has 0 radical (unpaired) electrons. The molecule has 4 heteroatoms. The minimum Gasteiger partial charge on any atom is -0.337 e. The first kappa shape index (κ1) is 11.0. The van der Waals surface area contributed by atoms with Crippen molar-refractivity contribution in [3.05, 3.63) is 42.4 Å². The van der Waals surface area contributed by atoms with E-state index in [1.807, 2.05) is 30.7 Å². The van der Waals surface area contributed by atoms with Gasteiger partial charge in [-0.25, -0.2) is 4.98 Å². The Hall–Kier alpha value is -2.10. The molecule has 2 aromatic rings. The summed E-state index contributed by atoms with van der Waals surface area (Å²) < 4.78 is 0. The first-order valence-electron chi connectivity index (χ1n) is 6.08. The number of anilines is 3. The van der Waals surface area contributed by atoms with Crippen LogP contribution in [0.5, 0.6) is 0 Å². The number of aromatic nitrogens is 2. The molecule has 2 aromatic heterocycles. The average molecular weight is 240 g/mol. The van der Waals surface area contributed by atoms with Crippen LogP contribution in [0, 0.1) is 6.92 Å². The van der Waals surface area contributed by atoms with Crippen molar-refractivity contribution in [2.75, 3.05) is 16.8 Å². The van der Waals surface area contributed by atoms with E-state index in [1.165, 1.54) is 5.56 Å². The van der Waals surface area contributed by atoms with Crippen molar-refractivity contribution >= 4 is 17.2 Å². The summed E-state index contributed by atoms with van der Waals surface area (Å²) in [5.74, 6) is 1.02. The summed E-state index contributed by atoms with van der Waals surface area (Å²) in [7, 11) is 2.07. The van der Waals surface area contributed by atoms with Crippen molar-refractivity contribution in [1.82, 2.24) is 9.97 Å². The smallest absolute Gasteiger partial charge is 0.153 e. The van der Waals surface area contributed by atoms with Crippen LogP contribution < -0.4 is 9.80 Å². The Morgan fingerprint density at radius 1 is 1.17 bits per heavy atom. The van der Waals surface area contributed by atoms with Gasteiger partial charge in [0.2, 0.25) is 0 Å². The highest BCUT2D eigenvalue weighted by atomic mass is 15.4. The highest BCUT2D eigenvalue weighted by Gasteiger charge is 2.32. The van der Waals surface area contributed by atoms with Crippen molar-refractivity contribution in [2.45, 2.75) is 20.0 Å². The zero-order chi connectivity index (χ0) is 12.7. The topological polar surface area (TPSA) is 32.3 Å². The summed E-state index contributed by atoms with van der Waals surface area (Å²) in [6.45, 7) is 4.28. The molecule has 0 aliphatic carbocycles. The molecule has 3 heterocycles. The van der Waals surface area contributed by atoms with Crippen LogP contribution in [0.4, 0.5) is 17.2 Å². The predicted molar refractivity (Wildman–Crippen MR) is 73.2 cm³/mol. The van der Waals surface area contributed by atoms with Gasteiger partial charge in [0, 0.05) is 19.4 Å². The lowest BCUT2D eigenvalue weighted by Gasteiger charge is -2.28. The van der Waals surface area contributed by atoms with E-state index in [0.717, 1.165) is 17.2 Å². The Bertz CT molecular complexity index is 582. The van der Waals surface area contributed by atoms with Crippen LogP contribution in [0.15, 0.2) is 36.8 Å². The molecular weight excluding hydrogens is 224 g/mol. The lowest BCUT2D eigenvalue weighted by atomic mass is 10.2. The Morgan fingerprint density at radius 2 is 2.00 bits per heavy atom. The molecule has 0 saturated carbocycles. The summed E-state index contributed by atoms with van der Waals surface area (Å²) in [5, 5.41) is 0. The van der Waals surface area contributed by atoms with Crippen LogP contribution in [0.1, 0.15) is 12.5 Å². The molecule has 18 heavy (non-hydrogen) atoms. The third-order valence-electron chi connectivity index (χ3n) is 3.56. The lowest BCUT2D eigenvalue weighted by Crippen LogP contribution is -2.36. The lowest BCUT2D eigenvalue weighted by molar-refractivity contribution is 0.727. The highest BCUT2D eigenvalue weighted by Crippen LogP contribution is 2.42. The second kappa shape index (κ2) is 3.98. The zero-order valence-corrected chi connectivity index (χ0v) is 10.8. The largest absolute Gasteiger partial charge is 0.337 e. The third kappa shape index (κ3) is 1.45. The van der Waals surface area contributed by atoms with Crippen molar-refractivity contribution in [1.29, 1.82) is 0 Å². The van der Waals surface area contributed by atoms with E-state index in [4.69, 9.17) is 0 Å². The zero-order valence-electron chi connectivity index (χ0n) is 10.8. The van der Waals surface area contributed by atoms with Gasteiger partial charge in [0.1, 0.15) is 6.17 Å². The molecule has 0 bridgehead atoms. The molecule has 0 aromatic carbocycles. The van der Waals surface area contributed by atoms with Gasteiger partial charge in [-0.3, -0.25) is 4.98 Å². The van der Waals surface area contributed by atoms with Gasteiger partial charge < -0.3 is 9.80 Å². The summed E-state index contributed by atoms with van der Waals surface area (Å²) >= 11 is 0. The van der Waals surface area contributed by atoms with E-state index in [1.54, 1.807) is 0 Å². The molecule has 0 unspecified atom stereocenters. The van der Waals surface area contributed by atoms with E-state index in [-0.39, 0.29) is 6.17 Å². The number of aryl methyl sites for hydroxylation is 1. The standard InChI is InChI=1S/C14H16N4/c1-10-6-8-15-9-13(10)18-11(2)17(3)14-12(18)5-4-7-16-14/h4-9,11H,1-3H3/t11-/m0/s1. The molecule has 0 fully saturated rings. The van der Waals surface area contributed by atoms with Crippen molar-refractivity contribution in [3.63, 3.8) is 0 Å². The summed E-state index contributed by atoms with van der Waals surface area (Å²) in [4.78, 5) is 13.2. The summed E-state index contributed by atoms with van der Waals surface area (Å²) in [6, 6.07) is 6.12. The maximum absolute atomic E-state index is 4.46. The van der Waals surface area contributed by atoms with Crippen molar-refractivity contribution in [3.8, 4) is 0 Å². The van der Waals surface area contributed by atoms with Crippen LogP contribution in [-0.2, 0) is 0 Å². The number of nitrogens with zero attached hydrogens (tertiary/aromatic N) is 4. The quantitative estimate of drug-likeness (QED) is 0.767. The van der Waals surface area contributed by atoms with E-state index in [2.05, 4.69) is 46.7 Å². The molecule has 1 atom stereocenters. The number of hydrogen-bond donors (Lipinski definition) is 0. The fourth-order valence-corrected chi connectivity index (χ4v) is 2.44. The van der Waals surface area contributed by atoms with Crippen molar-refractivity contribution in [2.24, 2.45) is 0 Å². The van der Waals surface area contributed by atoms with E-state index >= 15 is 0 Å². The minimum absolute atomic E-state index is 0.248. The monoisotopic (exact) mass is 240 g/mol. The number of pyridine rings is 2. The van der Waals surface area contributed by atoms with Crippen LogP contribution >= 0.6 is 0 Å². The summed E-state index contributed by atoms with van der Waals surface area (Å²) in [5.41, 5.74) is 3.51. The van der Waals surface area contributed by atoms with Gasteiger partial charge in [-0.2, -0.15) is 0 Å². The second-order valence-corrected chi connectivity index (χ2v) is 4.62. The fraction of sp³-hybridized carbons (Fsp3) is 0.286. The average Bonchev–Trinajstić information content (AvgIpc) is 2.64. The molecule has 1 aliphatic rings. The molecule has 92 valence electrons. The SMILES string of the molecule is Cc1ccncc1N1c2cccnc2N(C)[C@@H]1C. The highest BCUT2D eigenvalue weighted by molar-refractivity contribution is 5.81. The first-order chi connectivity index (χ1) is 8.70. The molecule has 4 nitrogen and oxygen atoms in total. The van der Waals surface area contributed by atoms with Crippen LogP contribution in [0.25, 0.3) is 0 Å². The van der Waals surface area contributed by atoms with Gasteiger partial charge >= 0.3 is 0 Å². The Labute approximate surface area is 107 Å². The Kier molecular flexibility index (Phi) is 2.44. The van der Waals surface area contributed by atoms with Crippen LogP contribution in [0.3, 0.4) is 0 Å². The number of hydrogen-bond acceptors (Lipinski definition) is 4. The molecule has 0 N–H and O–H groups in total. The molecule has 0 spiro atoms. The van der Waals surface area contributed by atoms with Gasteiger partial charge in [-0.15, -0.1) is 0 Å². The normalized spacial score (nSPS) is 18.1. The Balaban J connectivity index is 2.16.